The number of carbonyl (C=O) groups excluding carboxylic acids is 2. The fraction of sp³-hybridized carbons (Fsp3) is 0.258. The Bertz CT molecular complexity index is 1500. The van der Waals surface area contributed by atoms with Gasteiger partial charge in [0.2, 0.25) is 5.91 Å². The fourth-order valence-electron chi connectivity index (χ4n) is 4.42. The third-order valence-corrected chi connectivity index (χ3v) is 6.47. The number of nitrogens with one attached hydrogen (secondary N) is 1. The van der Waals surface area contributed by atoms with Crippen LogP contribution in [0.4, 0.5) is 19.0 Å². The zero-order valence-electron chi connectivity index (χ0n) is 22.6. The maximum absolute atomic E-state index is 13.3. The van der Waals surface area contributed by atoms with Crippen molar-refractivity contribution in [3.8, 4) is 16.9 Å². The number of amides is 2. The van der Waals surface area contributed by atoms with Crippen LogP contribution in [-0.4, -0.2) is 39.6 Å². The zero-order valence-corrected chi connectivity index (χ0v) is 22.6. The van der Waals surface area contributed by atoms with Gasteiger partial charge in [0.25, 0.3) is 5.91 Å². The largest absolute Gasteiger partial charge is 0.416 e. The van der Waals surface area contributed by atoms with E-state index in [0.717, 1.165) is 40.9 Å². The molecule has 1 heterocycles. The summed E-state index contributed by atoms with van der Waals surface area (Å²) in [5, 5.41) is 7.63. The van der Waals surface area contributed by atoms with E-state index in [2.05, 4.69) is 5.32 Å². The van der Waals surface area contributed by atoms with Gasteiger partial charge in [0.15, 0.2) is 0 Å². The van der Waals surface area contributed by atoms with Crippen molar-refractivity contribution in [2.24, 2.45) is 0 Å². The van der Waals surface area contributed by atoms with Crippen molar-refractivity contribution in [3.63, 3.8) is 0 Å². The van der Waals surface area contributed by atoms with Crippen LogP contribution in [0.3, 0.4) is 0 Å². The molecule has 0 bridgehead atoms. The highest BCUT2D eigenvalue weighted by molar-refractivity contribution is 5.99. The summed E-state index contributed by atoms with van der Waals surface area (Å²) in [4.78, 5) is 27.8. The number of rotatable bonds is 9. The first-order valence-corrected chi connectivity index (χ1v) is 13.1. The molecule has 9 heteroatoms. The number of anilines is 1. The molecule has 0 fully saturated rings. The maximum atomic E-state index is 13.3. The van der Waals surface area contributed by atoms with E-state index >= 15 is 0 Å². The van der Waals surface area contributed by atoms with E-state index in [1.807, 2.05) is 69.3 Å². The molecule has 0 spiro atoms. The molecule has 208 valence electrons. The number of aromatic nitrogens is 2. The van der Waals surface area contributed by atoms with E-state index in [9.17, 15) is 22.8 Å². The fourth-order valence-corrected chi connectivity index (χ4v) is 4.42. The average molecular weight is 549 g/mol. The van der Waals surface area contributed by atoms with Crippen molar-refractivity contribution < 1.29 is 22.8 Å². The molecule has 0 aliphatic rings. The van der Waals surface area contributed by atoms with Gasteiger partial charge in [-0.25, -0.2) is 4.68 Å². The van der Waals surface area contributed by atoms with Crippen LogP contribution in [-0.2, 0) is 11.0 Å². The normalized spacial score (nSPS) is 11.3. The molecule has 4 aromatic rings. The van der Waals surface area contributed by atoms with Gasteiger partial charge in [-0.3, -0.25) is 9.59 Å². The van der Waals surface area contributed by atoms with Gasteiger partial charge in [0.05, 0.1) is 16.9 Å². The molecule has 1 N–H and O–H groups in total. The third-order valence-electron chi connectivity index (χ3n) is 6.47. The summed E-state index contributed by atoms with van der Waals surface area (Å²) < 4.78 is 41.4. The molecule has 0 radical (unpaired) electrons. The van der Waals surface area contributed by atoms with E-state index in [4.69, 9.17) is 5.10 Å². The summed E-state index contributed by atoms with van der Waals surface area (Å²) in [6, 6.07) is 21.5. The number of benzene rings is 3. The first kappa shape index (κ1) is 28.6. The van der Waals surface area contributed by atoms with Gasteiger partial charge >= 0.3 is 6.18 Å². The Morgan fingerprint density at radius 3 is 2.38 bits per heavy atom. The van der Waals surface area contributed by atoms with Crippen molar-refractivity contribution in [2.75, 3.05) is 18.4 Å². The molecule has 40 heavy (non-hydrogen) atoms. The second-order valence-corrected chi connectivity index (χ2v) is 9.69. The van der Waals surface area contributed by atoms with E-state index in [0.29, 0.717) is 17.9 Å². The molecule has 0 aliphatic heterocycles. The summed E-state index contributed by atoms with van der Waals surface area (Å²) >= 11 is 0. The van der Waals surface area contributed by atoms with Gasteiger partial charge in [-0.05, 0) is 50.1 Å². The van der Waals surface area contributed by atoms with E-state index in [1.54, 1.807) is 10.7 Å². The molecule has 0 saturated heterocycles. The number of alkyl halides is 3. The van der Waals surface area contributed by atoms with Gasteiger partial charge in [0.1, 0.15) is 12.4 Å². The Hall–Kier alpha value is -4.40. The first-order chi connectivity index (χ1) is 19.1. The lowest BCUT2D eigenvalue weighted by Crippen LogP contribution is -2.39. The highest BCUT2D eigenvalue weighted by atomic mass is 19.4. The van der Waals surface area contributed by atoms with Crippen molar-refractivity contribution in [2.45, 2.75) is 39.8 Å². The van der Waals surface area contributed by atoms with Crippen LogP contribution in [0.5, 0.6) is 0 Å². The smallest absolute Gasteiger partial charge is 0.329 e. The van der Waals surface area contributed by atoms with Crippen LogP contribution in [0.25, 0.3) is 16.9 Å². The predicted molar refractivity (Wildman–Crippen MR) is 149 cm³/mol. The summed E-state index contributed by atoms with van der Waals surface area (Å²) in [6.07, 6.45) is -3.24. The SMILES string of the molecule is CCCCN(CC(=O)Nc1cc(-c2ccccc2)nn1-c1ccc(C)cc1C)C(=O)c1cccc(C(F)(F)F)c1. The molecule has 6 nitrogen and oxygen atoms in total. The lowest BCUT2D eigenvalue weighted by molar-refractivity contribution is -0.137. The highest BCUT2D eigenvalue weighted by Crippen LogP contribution is 2.30. The van der Waals surface area contributed by atoms with Crippen LogP contribution in [0.1, 0.15) is 46.8 Å². The lowest BCUT2D eigenvalue weighted by Gasteiger charge is -2.23. The predicted octanol–water partition coefficient (Wildman–Crippen LogP) is 7.06. The molecule has 1 aromatic heterocycles. The molecule has 0 aliphatic carbocycles. The lowest BCUT2D eigenvalue weighted by atomic mass is 10.1. The summed E-state index contributed by atoms with van der Waals surface area (Å²) in [7, 11) is 0. The zero-order chi connectivity index (χ0) is 28.9. The van der Waals surface area contributed by atoms with Crippen molar-refractivity contribution >= 4 is 17.6 Å². The van der Waals surface area contributed by atoms with Gasteiger partial charge in [-0.1, -0.05) is 67.4 Å². The minimum atomic E-state index is -4.58. The average Bonchev–Trinajstić information content (AvgIpc) is 3.34. The van der Waals surface area contributed by atoms with E-state index in [-0.39, 0.29) is 18.7 Å². The van der Waals surface area contributed by atoms with Gasteiger partial charge in [-0.2, -0.15) is 18.3 Å². The Balaban J connectivity index is 1.63. The van der Waals surface area contributed by atoms with Gasteiger partial charge in [0, 0.05) is 23.7 Å². The monoisotopic (exact) mass is 548 g/mol. The molecule has 0 unspecified atom stereocenters. The Morgan fingerprint density at radius 2 is 1.70 bits per heavy atom. The Labute approximate surface area is 231 Å². The summed E-state index contributed by atoms with van der Waals surface area (Å²) in [6.45, 7) is 5.78. The molecule has 0 atom stereocenters. The van der Waals surface area contributed by atoms with Crippen LogP contribution in [0, 0.1) is 13.8 Å². The second-order valence-electron chi connectivity index (χ2n) is 9.69. The number of halogens is 3. The number of hydrogen-bond acceptors (Lipinski definition) is 3. The van der Waals surface area contributed by atoms with Crippen LogP contribution in [0.15, 0.2) is 78.9 Å². The number of nitrogens with zero attached hydrogens (tertiary/aromatic N) is 3. The molecule has 2 amide bonds. The minimum absolute atomic E-state index is 0.120. The number of carbonyl (C=O) groups is 2. The molecule has 4 rings (SSSR count). The summed E-state index contributed by atoms with van der Waals surface area (Å²) in [5.41, 5.74) is 3.31. The highest BCUT2D eigenvalue weighted by Gasteiger charge is 2.31. The standard InChI is InChI=1S/C31H31F3N4O2/c1-4-5-16-37(30(40)24-12-9-13-25(18-24)31(32,33)34)20-29(39)35-28-19-26(23-10-7-6-8-11-23)36-38(28)27-15-14-21(2)17-22(27)3/h6-15,17-19H,4-5,16,20H2,1-3H3,(H,35,39). The Morgan fingerprint density at radius 1 is 0.950 bits per heavy atom. The van der Waals surface area contributed by atoms with E-state index in [1.165, 1.54) is 17.0 Å². The molecule has 3 aromatic carbocycles. The minimum Gasteiger partial charge on any atom is -0.329 e. The Kier molecular flexibility index (Phi) is 8.72. The van der Waals surface area contributed by atoms with Crippen LogP contribution >= 0.6 is 0 Å². The van der Waals surface area contributed by atoms with Crippen LogP contribution in [0.2, 0.25) is 0 Å². The summed E-state index contributed by atoms with van der Waals surface area (Å²) in [5.74, 6) is -0.706. The molecule has 0 saturated carbocycles. The van der Waals surface area contributed by atoms with Gasteiger partial charge in [-0.15, -0.1) is 0 Å². The maximum Gasteiger partial charge on any atom is 0.416 e. The van der Waals surface area contributed by atoms with Crippen molar-refractivity contribution in [1.82, 2.24) is 14.7 Å². The number of unbranched alkanes of at least 4 members (excludes halogenated alkanes) is 1. The van der Waals surface area contributed by atoms with Crippen molar-refractivity contribution in [3.05, 3.63) is 101 Å². The third kappa shape index (κ3) is 6.77. The number of aryl methyl sites for hydroxylation is 2. The van der Waals surface area contributed by atoms with Crippen molar-refractivity contribution in [1.29, 1.82) is 0 Å². The molecular weight excluding hydrogens is 517 g/mol. The topological polar surface area (TPSA) is 67.2 Å². The first-order valence-electron chi connectivity index (χ1n) is 13.1. The van der Waals surface area contributed by atoms with Crippen LogP contribution < -0.4 is 5.32 Å². The quantitative estimate of drug-likeness (QED) is 0.244. The second kappa shape index (κ2) is 12.2. The van der Waals surface area contributed by atoms with Gasteiger partial charge < -0.3 is 10.2 Å². The molecular formula is C31H31F3N4O2. The number of hydrogen-bond donors (Lipinski definition) is 1. The van der Waals surface area contributed by atoms with E-state index < -0.39 is 23.6 Å².